The van der Waals surface area contributed by atoms with Gasteiger partial charge in [0, 0.05) is 25.0 Å². The summed E-state index contributed by atoms with van der Waals surface area (Å²) in [7, 11) is 0. The molecule has 2 N–H and O–H groups in total. The topological polar surface area (TPSA) is 52.6 Å². The van der Waals surface area contributed by atoms with Gasteiger partial charge in [-0.2, -0.15) is 0 Å². The van der Waals surface area contributed by atoms with Crippen molar-refractivity contribution in [3.8, 4) is 0 Å². The summed E-state index contributed by atoms with van der Waals surface area (Å²) >= 11 is 0. The molecule has 0 aromatic rings. The van der Waals surface area contributed by atoms with Crippen molar-refractivity contribution < 1.29 is 9.90 Å². The fourth-order valence-corrected chi connectivity index (χ4v) is 3.22. The van der Waals surface area contributed by atoms with Gasteiger partial charge in [-0.25, -0.2) is 0 Å². The minimum Gasteiger partial charge on any atom is -0.393 e. The van der Waals surface area contributed by atoms with Crippen molar-refractivity contribution in [2.24, 2.45) is 17.8 Å². The van der Waals surface area contributed by atoms with Crippen LogP contribution in [0.5, 0.6) is 0 Å². The van der Waals surface area contributed by atoms with Crippen molar-refractivity contribution in [1.29, 1.82) is 0 Å². The second kappa shape index (κ2) is 6.90. The third-order valence-electron chi connectivity index (χ3n) is 4.67. The number of rotatable bonds is 6. The Morgan fingerprint density at radius 2 is 2.05 bits per heavy atom. The molecule has 0 aromatic heterocycles. The van der Waals surface area contributed by atoms with E-state index in [-0.39, 0.29) is 24.0 Å². The maximum absolute atomic E-state index is 11.9. The first-order chi connectivity index (χ1) is 9.49. The molecule has 3 unspecified atom stereocenters. The first-order valence-electron chi connectivity index (χ1n) is 8.20. The van der Waals surface area contributed by atoms with Crippen molar-refractivity contribution >= 4 is 5.91 Å². The Morgan fingerprint density at radius 1 is 1.35 bits per heavy atom. The van der Waals surface area contributed by atoms with E-state index in [1.165, 1.54) is 12.8 Å². The molecular formula is C16H30N2O2. The molecule has 3 atom stereocenters. The van der Waals surface area contributed by atoms with Crippen molar-refractivity contribution in [1.82, 2.24) is 10.2 Å². The van der Waals surface area contributed by atoms with Gasteiger partial charge < -0.3 is 15.3 Å². The Balaban J connectivity index is 1.86. The predicted molar refractivity (Wildman–Crippen MR) is 80.3 cm³/mol. The molecule has 0 spiro atoms. The van der Waals surface area contributed by atoms with Crippen LogP contribution in [-0.4, -0.2) is 47.7 Å². The lowest BCUT2D eigenvalue weighted by Crippen LogP contribution is -2.51. The normalized spacial score (nSPS) is 29.4. The lowest BCUT2D eigenvalue weighted by atomic mass is 9.88. The average molecular weight is 282 g/mol. The maximum Gasteiger partial charge on any atom is 0.222 e. The monoisotopic (exact) mass is 282 g/mol. The Labute approximate surface area is 122 Å². The Morgan fingerprint density at radius 3 is 2.60 bits per heavy atom. The van der Waals surface area contributed by atoms with Gasteiger partial charge in [0.1, 0.15) is 0 Å². The Kier molecular flexibility index (Phi) is 5.44. The van der Waals surface area contributed by atoms with Gasteiger partial charge >= 0.3 is 0 Å². The van der Waals surface area contributed by atoms with Gasteiger partial charge in [-0.15, -0.1) is 0 Å². The van der Waals surface area contributed by atoms with Gasteiger partial charge in [-0.1, -0.05) is 20.8 Å². The second-order valence-corrected chi connectivity index (χ2v) is 6.95. The molecular weight excluding hydrogens is 252 g/mol. The molecule has 1 aliphatic heterocycles. The number of aliphatic hydroxyl groups is 1. The summed E-state index contributed by atoms with van der Waals surface area (Å²) in [6.07, 6.45) is 4.17. The first kappa shape index (κ1) is 15.8. The molecule has 0 radical (unpaired) electrons. The van der Waals surface area contributed by atoms with Crippen LogP contribution in [0.4, 0.5) is 0 Å². The quantitative estimate of drug-likeness (QED) is 0.778. The molecule has 20 heavy (non-hydrogen) atoms. The summed E-state index contributed by atoms with van der Waals surface area (Å²) in [4.78, 5) is 14.3. The van der Waals surface area contributed by atoms with E-state index in [1.54, 1.807) is 0 Å². The molecule has 0 aromatic carbocycles. The summed E-state index contributed by atoms with van der Waals surface area (Å²) in [5.74, 6) is 1.25. The molecule has 4 heteroatoms. The molecule has 1 amide bonds. The van der Waals surface area contributed by atoms with Crippen LogP contribution in [0.3, 0.4) is 0 Å². The van der Waals surface area contributed by atoms with Gasteiger partial charge in [-0.3, -0.25) is 4.79 Å². The van der Waals surface area contributed by atoms with Crippen LogP contribution in [-0.2, 0) is 4.79 Å². The number of aliphatic hydroxyl groups excluding tert-OH is 1. The highest BCUT2D eigenvalue weighted by Crippen LogP contribution is 2.36. The van der Waals surface area contributed by atoms with Gasteiger partial charge in [0.25, 0.3) is 0 Å². The largest absolute Gasteiger partial charge is 0.393 e. The number of amides is 1. The highest BCUT2D eigenvalue weighted by molar-refractivity contribution is 5.78. The summed E-state index contributed by atoms with van der Waals surface area (Å²) in [6.45, 7) is 9.07. The van der Waals surface area contributed by atoms with E-state index in [0.29, 0.717) is 11.8 Å². The molecule has 1 saturated carbocycles. The summed E-state index contributed by atoms with van der Waals surface area (Å²) in [5, 5.41) is 13.3. The Hall–Kier alpha value is -0.610. The van der Waals surface area contributed by atoms with Gasteiger partial charge in [0.2, 0.25) is 5.91 Å². The van der Waals surface area contributed by atoms with E-state index in [2.05, 4.69) is 17.1 Å². The molecule has 116 valence electrons. The molecule has 1 heterocycles. The smallest absolute Gasteiger partial charge is 0.222 e. The zero-order valence-electron chi connectivity index (χ0n) is 13.1. The highest BCUT2D eigenvalue weighted by Gasteiger charge is 2.34. The van der Waals surface area contributed by atoms with Crippen molar-refractivity contribution in [3.05, 3.63) is 0 Å². The maximum atomic E-state index is 11.9. The number of carbonyl (C=O) groups excluding carboxylic acids is 1. The number of hydrogen-bond acceptors (Lipinski definition) is 3. The molecule has 4 nitrogen and oxygen atoms in total. The van der Waals surface area contributed by atoms with Crippen molar-refractivity contribution in [3.63, 3.8) is 0 Å². The predicted octanol–water partition coefficient (Wildman–Crippen LogP) is 1.63. The highest BCUT2D eigenvalue weighted by atomic mass is 16.3. The number of nitrogens with one attached hydrogen (secondary N) is 1. The summed E-state index contributed by atoms with van der Waals surface area (Å²) in [5.41, 5.74) is 0. The van der Waals surface area contributed by atoms with E-state index < -0.39 is 0 Å². The van der Waals surface area contributed by atoms with E-state index in [4.69, 9.17) is 0 Å². The molecule has 2 fully saturated rings. The number of carbonyl (C=O) groups is 1. The number of nitrogens with zero attached hydrogens (tertiary/aromatic N) is 1. The standard InChI is InChI=1S/C16H30N2O2/c1-4-18-9-12(8-15(19)13-5-6-13)7-14(10-18)17-16(20)11(2)3/h11-15,19H,4-10H2,1-3H3,(H,17,20). The summed E-state index contributed by atoms with van der Waals surface area (Å²) < 4.78 is 0. The number of likely N-dealkylation sites (N-methyl/N-ethyl adjacent to an activating group) is 1. The van der Waals surface area contributed by atoms with E-state index >= 15 is 0 Å². The zero-order chi connectivity index (χ0) is 14.7. The van der Waals surface area contributed by atoms with Crippen LogP contribution in [0.25, 0.3) is 0 Å². The second-order valence-electron chi connectivity index (χ2n) is 6.95. The molecule has 2 aliphatic rings. The van der Waals surface area contributed by atoms with E-state index in [0.717, 1.165) is 32.5 Å². The van der Waals surface area contributed by atoms with E-state index in [9.17, 15) is 9.90 Å². The fraction of sp³-hybridized carbons (Fsp3) is 0.938. The lowest BCUT2D eigenvalue weighted by Gasteiger charge is -2.38. The third kappa shape index (κ3) is 4.45. The zero-order valence-corrected chi connectivity index (χ0v) is 13.1. The lowest BCUT2D eigenvalue weighted by molar-refractivity contribution is -0.125. The van der Waals surface area contributed by atoms with Crippen LogP contribution in [0.2, 0.25) is 0 Å². The van der Waals surface area contributed by atoms with Crippen LogP contribution in [0.15, 0.2) is 0 Å². The van der Waals surface area contributed by atoms with Gasteiger partial charge in [-0.05, 0) is 44.1 Å². The van der Waals surface area contributed by atoms with Crippen molar-refractivity contribution in [2.45, 2.75) is 58.6 Å². The number of likely N-dealkylation sites (tertiary alicyclic amines) is 1. The minimum absolute atomic E-state index is 0.0440. The van der Waals surface area contributed by atoms with Gasteiger partial charge in [0.15, 0.2) is 0 Å². The van der Waals surface area contributed by atoms with Gasteiger partial charge in [0.05, 0.1) is 6.10 Å². The molecule has 2 rings (SSSR count). The van der Waals surface area contributed by atoms with Crippen LogP contribution < -0.4 is 5.32 Å². The van der Waals surface area contributed by atoms with E-state index in [1.807, 2.05) is 13.8 Å². The number of hydrogen-bond donors (Lipinski definition) is 2. The van der Waals surface area contributed by atoms with Crippen molar-refractivity contribution in [2.75, 3.05) is 19.6 Å². The third-order valence-corrected chi connectivity index (χ3v) is 4.67. The average Bonchev–Trinajstić information content (AvgIpc) is 3.22. The molecule has 1 saturated heterocycles. The molecule has 0 bridgehead atoms. The first-order valence-corrected chi connectivity index (χ1v) is 8.20. The fourth-order valence-electron chi connectivity index (χ4n) is 3.22. The van der Waals surface area contributed by atoms with Crippen LogP contribution >= 0.6 is 0 Å². The summed E-state index contributed by atoms with van der Waals surface area (Å²) in [6, 6.07) is 0.245. The Bertz CT molecular complexity index is 328. The minimum atomic E-state index is -0.127. The van der Waals surface area contributed by atoms with Crippen LogP contribution in [0.1, 0.15) is 46.5 Å². The SMILES string of the molecule is CCN1CC(CC(O)C2CC2)CC(NC(=O)C(C)C)C1. The van der Waals surface area contributed by atoms with Crippen LogP contribution in [0, 0.1) is 17.8 Å². The molecule has 1 aliphatic carbocycles. The number of piperidine rings is 1.